The quantitative estimate of drug-likeness (QED) is 0.298. The van der Waals surface area contributed by atoms with Crippen molar-refractivity contribution < 1.29 is 0 Å². The molecule has 190 valence electrons. The van der Waals surface area contributed by atoms with Crippen LogP contribution in [0.1, 0.15) is 54.3 Å². The zero-order valence-electron chi connectivity index (χ0n) is 21.9. The van der Waals surface area contributed by atoms with Crippen molar-refractivity contribution in [1.29, 1.82) is 0 Å². The Kier molecular flexibility index (Phi) is 7.24. The fraction of sp³-hybridized carbons (Fsp3) is 0.300. The lowest BCUT2D eigenvalue weighted by Crippen LogP contribution is -2.29. The van der Waals surface area contributed by atoms with Crippen molar-refractivity contribution in [2.75, 3.05) is 18.0 Å². The van der Waals surface area contributed by atoms with Gasteiger partial charge in [0, 0.05) is 48.2 Å². The highest BCUT2D eigenvalue weighted by atomic mass is 32.1. The zero-order chi connectivity index (χ0) is 25.9. The molecule has 0 bridgehead atoms. The number of anilines is 1. The SMILES string of the molecule is CCN(CC)c1ccc(-n2c(C)cc([C@@H]3[C@H](c4ccccn4)NC(=S)N3Cc3ccccn3)c2C)cc1. The smallest absolute Gasteiger partial charge is 0.170 e. The van der Waals surface area contributed by atoms with Crippen molar-refractivity contribution in [3.05, 3.63) is 107 Å². The molecule has 2 atom stereocenters. The molecule has 0 radical (unpaired) electrons. The average Bonchev–Trinajstić information content (AvgIpc) is 3.40. The molecule has 0 amide bonds. The maximum atomic E-state index is 5.88. The minimum atomic E-state index is -0.0589. The third kappa shape index (κ3) is 4.83. The Labute approximate surface area is 225 Å². The monoisotopic (exact) mass is 510 g/mol. The highest BCUT2D eigenvalue weighted by Gasteiger charge is 2.41. The maximum Gasteiger partial charge on any atom is 0.170 e. The summed E-state index contributed by atoms with van der Waals surface area (Å²) in [5, 5.41) is 4.29. The van der Waals surface area contributed by atoms with Gasteiger partial charge in [-0.3, -0.25) is 9.97 Å². The van der Waals surface area contributed by atoms with Crippen LogP contribution in [0.5, 0.6) is 0 Å². The van der Waals surface area contributed by atoms with E-state index >= 15 is 0 Å². The fourth-order valence-corrected chi connectivity index (χ4v) is 5.77. The lowest BCUT2D eigenvalue weighted by Gasteiger charge is -2.28. The third-order valence-corrected chi connectivity index (χ3v) is 7.63. The number of benzene rings is 1. The second kappa shape index (κ2) is 10.7. The molecule has 7 heteroatoms. The number of nitrogens with one attached hydrogen (secondary N) is 1. The van der Waals surface area contributed by atoms with Crippen LogP contribution in [0.2, 0.25) is 0 Å². The van der Waals surface area contributed by atoms with Gasteiger partial charge >= 0.3 is 0 Å². The molecule has 4 aromatic rings. The number of aryl methyl sites for hydroxylation is 1. The molecule has 6 nitrogen and oxygen atoms in total. The first-order chi connectivity index (χ1) is 18.0. The van der Waals surface area contributed by atoms with Crippen LogP contribution in [-0.2, 0) is 6.54 Å². The predicted molar refractivity (Wildman–Crippen MR) is 154 cm³/mol. The van der Waals surface area contributed by atoms with Crippen LogP contribution in [0.25, 0.3) is 5.69 Å². The van der Waals surface area contributed by atoms with Crippen LogP contribution in [0.4, 0.5) is 5.69 Å². The normalized spacial score (nSPS) is 17.2. The first kappa shape index (κ1) is 25.0. The molecule has 0 unspecified atom stereocenters. The van der Waals surface area contributed by atoms with Crippen LogP contribution in [0, 0.1) is 13.8 Å². The molecular formula is C30H34N6S. The molecule has 1 fully saturated rings. The fourth-order valence-electron chi connectivity index (χ4n) is 5.47. The van der Waals surface area contributed by atoms with Crippen LogP contribution in [0.3, 0.4) is 0 Å². The van der Waals surface area contributed by atoms with Crippen molar-refractivity contribution in [3.8, 4) is 5.69 Å². The molecule has 3 aromatic heterocycles. The summed E-state index contributed by atoms with van der Waals surface area (Å²) in [7, 11) is 0. The molecule has 0 saturated carbocycles. The van der Waals surface area contributed by atoms with E-state index in [-0.39, 0.29) is 12.1 Å². The van der Waals surface area contributed by atoms with Crippen LogP contribution < -0.4 is 10.2 Å². The number of hydrogen-bond acceptors (Lipinski definition) is 4. The Morgan fingerprint density at radius 2 is 1.62 bits per heavy atom. The molecule has 0 aliphatic carbocycles. The topological polar surface area (TPSA) is 49.2 Å². The van der Waals surface area contributed by atoms with Crippen molar-refractivity contribution in [3.63, 3.8) is 0 Å². The molecule has 1 N–H and O–H groups in total. The van der Waals surface area contributed by atoms with Crippen molar-refractivity contribution in [2.45, 2.75) is 46.3 Å². The summed E-state index contributed by atoms with van der Waals surface area (Å²) in [6.07, 6.45) is 3.68. The minimum absolute atomic E-state index is 0.0145. The van der Waals surface area contributed by atoms with Gasteiger partial charge in [-0.05, 0) is 100 Å². The lowest BCUT2D eigenvalue weighted by molar-refractivity contribution is 0.307. The van der Waals surface area contributed by atoms with E-state index in [9.17, 15) is 0 Å². The second-order valence-electron chi connectivity index (χ2n) is 9.43. The van der Waals surface area contributed by atoms with Gasteiger partial charge in [0.15, 0.2) is 5.11 Å². The number of hydrogen-bond donors (Lipinski definition) is 1. The third-order valence-electron chi connectivity index (χ3n) is 7.28. The van der Waals surface area contributed by atoms with Crippen LogP contribution in [0.15, 0.2) is 79.1 Å². The molecule has 37 heavy (non-hydrogen) atoms. The van der Waals surface area contributed by atoms with E-state index < -0.39 is 0 Å². The summed E-state index contributed by atoms with van der Waals surface area (Å²) in [5.74, 6) is 0. The van der Waals surface area contributed by atoms with Crippen LogP contribution >= 0.6 is 12.2 Å². The number of nitrogens with zero attached hydrogens (tertiary/aromatic N) is 5. The Morgan fingerprint density at radius 3 is 2.24 bits per heavy atom. The van der Waals surface area contributed by atoms with Gasteiger partial charge in [0.05, 0.1) is 30.0 Å². The number of aromatic nitrogens is 3. The Balaban J connectivity index is 1.56. The lowest BCUT2D eigenvalue weighted by atomic mass is 9.96. The van der Waals surface area contributed by atoms with Crippen molar-refractivity contribution in [1.82, 2.24) is 24.8 Å². The summed E-state index contributed by atoms with van der Waals surface area (Å²) in [6, 6.07) is 23.2. The van der Waals surface area contributed by atoms with E-state index in [0.717, 1.165) is 35.3 Å². The van der Waals surface area contributed by atoms with E-state index in [0.29, 0.717) is 6.54 Å². The first-order valence-electron chi connectivity index (χ1n) is 12.9. The summed E-state index contributed by atoms with van der Waals surface area (Å²) >= 11 is 5.88. The number of rotatable bonds is 8. The van der Waals surface area contributed by atoms with E-state index in [4.69, 9.17) is 17.2 Å². The molecule has 0 spiro atoms. The minimum Gasteiger partial charge on any atom is -0.372 e. The van der Waals surface area contributed by atoms with Gasteiger partial charge in [-0.1, -0.05) is 12.1 Å². The van der Waals surface area contributed by atoms with E-state index in [1.54, 1.807) is 0 Å². The highest BCUT2D eigenvalue weighted by Crippen LogP contribution is 2.42. The molecule has 1 aliphatic rings. The number of thiocarbonyl (C=S) groups is 1. The average molecular weight is 511 g/mol. The van der Waals surface area contributed by atoms with Gasteiger partial charge in [-0.15, -0.1) is 0 Å². The van der Waals surface area contributed by atoms with Gasteiger partial charge in [0.25, 0.3) is 0 Å². The molecule has 1 aliphatic heterocycles. The summed E-state index contributed by atoms with van der Waals surface area (Å²) in [6.45, 7) is 11.4. The summed E-state index contributed by atoms with van der Waals surface area (Å²) in [4.78, 5) is 13.9. The van der Waals surface area contributed by atoms with Gasteiger partial charge in [0.1, 0.15) is 0 Å². The standard InChI is InChI=1S/C30H34N6S/c1-5-34(6-2)24-13-15-25(16-14-24)36-21(3)19-26(22(36)4)29-28(27-12-8-10-18-32-27)33-30(37)35(29)20-23-11-7-9-17-31-23/h7-19,28-29H,5-6,20H2,1-4H3,(H,33,37)/t28-,29+/m0/s1. The van der Waals surface area contributed by atoms with Gasteiger partial charge < -0.3 is 19.7 Å². The summed E-state index contributed by atoms with van der Waals surface area (Å²) in [5.41, 5.74) is 8.01. The molecule has 4 heterocycles. The maximum absolute atomic E-state index is 5.88. The van der Waals surface area contributed by atoms with E-state index in [1.165, 1.54) is 22.6 Å². The summed E-state index contributed by atoms with van der Waals surface area (Å²) < 4.78 is 2.34. The molecule has 1 aromatic carbocycles. The highest BCUT2D eigenvalue weighted by molar-refractivity contribution is 7.80. The predicted octanol–water partition coefficient (Wildman–Crippen LogP) is 5.90. The van der Waals surface area contributed by atoms with Crippen molar-refractivity contribution >= 4 is 23.0 Å². The van der Waals surface area contributed by atoms with E-state index in [2.05, 4.69) is 94.8 Å². The molecule has 5 rings (SSSR count). The van der Waals surface area contributed by atoms with E-state index in [1.807, 2.05) is 36.7 Å². The molecule has 1 saturated heterocycles. The second-order valence-corrected chi connectivity index (χ2v) is 9.81. The first-order valence-corrected chi connectivity index (χ1v) is 13.3. The van der Waals surface area contributed by atoms with Crippen LogP contribution in [-0.4, -0.2) is 37.6 Å². The van der Waals surface area contributed by atoms with Gasteiger partial charge in [-0.2, -0.15) is 0 Å². The van der Waals surface area contributed by atoms with Gasteiger partial charge in [0.2, 0.25) is 0 Å². The van der Waals surface area contributed by atoms with Gasteiger partial charge in [-0.25, -0.2) is 0 Å². The number of pyridine rings is 2. The zero-order valence-corrected chi connectivity index (χ0v) is 22.7. The Bertz CT molecular complexity index is 1350. The Morgan fingerprint density at radius 1 is 0.919 bits per heavy atom. The van der Waals surface area contributed by atoms with Crippen molar-refractivity contribution in [2.24, 2.45) is 0 Å². The largest absolute Gasteiger partial charge is 0.372 e. The molecular weight excluding hydrogens is 476 g/mol. The Hall–Kier alpha value is -3.71.